The van der Waals surface area contributed by atoms with Crippen molar-refractivity contribution in [3.05, 3.63) is 89.2 Å². The van der Waals surface area contributed by atoms with Gasteiger partial charge in [0.05, 0.1) is 5.75 Å². The average molecular weight is 452 g/mol. The maximum Gasteiger partial charge on any atom is 0.255 e. The molecule has 0 aliphatic carbocycles. The molecule has 3 rings (SSSR count). The third-order valence-electron chi connectivity index (χ3n) is 3.96. The molecule has 160 valence electrons. The Balaban J connectivity index is 1.56. The summed E-state index contributed by atoms with van der Waals surface area (Å²) >= 11 is 0.995. The van der Waals surface area contributed by atoms with E-state index in [0.29, 0.717) is 10.6 Å². The third-order valence-corrected chi connectivity index (χ3v) is 4.98. The molecular formula is C21H13F5N2O2S. The molecule has 10 heteroatoms. The van der Waals surface area contributed by atoms with Crippen LogP contribution in [0.4, 0.5) is 33.3 Å². The highest BCUT2D eigenvalue weighted by Crippen LogP contribution is 2.25. The Morgan fingerprint density at radius 3 is 1.94 bits per heavy atom. The van der Waals surface area contributed by atoms with Crippen LogP contribution in [0.1, 0.15) is 10.4 Å². The van der Waals surface area contributed by atoms with Gasteiger partial charge in [0.1, 0.15) is 11.5 Å². The smallest absolute Gasteiger partial charge is 0.255 e. The molecule has 2 amide bonds. The Morgan fingerprint density at radius 2 is 1.35 bits per heavy atom. The summed E-state index contributed by atoms with van der Waals surface area (Å²) in [5, 5.41) is 4.44. The van der Waals surface area contributed by atoms with Crippen molar-refractivity contribution < 1.29 is 31.5 Å². The second-order valence-corrected chi connectivity index (χ2v) is 7.21. The maximum absolute atomic E-state index is 13.6. The van der Waals surface area contributed by atoms with Crippen molar-refractivity contribution in [2.75, 3.05) is 16.4 Å². The molecule has 0 aromatic heterocycles. The van der Waals surface area contributed by atoms with E-state index < -0.39 is 46.6 Å². The largest absolute Gasteiger partial charge is 0.322 e. The molecule has 0 saturated carbocycles. The van der Waals surface area contributed by atoms with Gasteiger partial charge in [-0.3, -0.25) is 9.59 Å². The lowest BCUT2D eigenvalue weighted by molar-refractivity contribution is -0.113. The predicted octanol–water partition coefficient (Wildman–Crippen LogP) is 5.37. The summed E-state index contributed by atoms with van der Waals surface area (Å²) in [7, 11) is 0. The van der Waals surface area contributed by atoms with Crippen molar-refractivity contribution in [3.8, 4) is 0 Å². The van der Waals surface area contributed by atoms with Crippen LogP contribution >= 0.6 is 11.8 Å². The van der Waals surface area contributed by atoms with E-state index in [-0.39, 0.29) is 17.4 Å². The van der Waals surface area contributed by atoms with E-state index in [1.165, 1.54) is 12.1 Å². The second-order valence-electron chi connectivity index (χ2n) is 6.17. The van der Waals surface area contributed by atoms with E-state index in [0.717, 1.165) is 23.9 Å². The Morgan fingerprint density at radius 1 is 0.774 bits per heavy atom. The van der Waals surface area contributed by atoms with Gasteiger partial charge in [-0.05, 0) is 48.5 Å². The quantitative estimate of drug-likeness (QED) is 0.301. The monoisotopic (exact) mass is 452 g/mol. The number of halogens is 5. The second kappa shape index (κ2) is 9.61. The molecule has 0 bridgehead atoms. The van der Waals surface area contributed by atoms with Crippen molar-refractivity contribution in [2.24, 2.45) is 0 Å². The van der Waals surface area contributed by atoms with Crippen LogP contribution in [0, 0.1) is 29.1 Å². The van der Waals surface area contributed by atoms with E-state index in [1.807, 2.05) is 5.32 Å². The Labute approximate surface area is 177 Å². The molecule has 0 heterocycles. The van der Waals surface area contributed by atoms with Gasteiger partial charge >= 0.3 is 0 Å². The first-order valence-corrected chi connectivity index (χ1v) is 9.66. The molecule has 0 spiro atoms. The van der Waals surface area contributed by atoms with Crippen LogP contribution in [0.2, 0.25) is 0 Å². The molecule has 0 atom stereocenters. The first-order valence-electron chi connectivity index (χ1n) is 8.67. The summed E-state index contributed by atoms with van der Waals surface area (Å²) in [5.74, 6) is -8.71. The van der Waals surface area contributed by atoms with Crippen LogP contribution in [0.25, 0.3) is 0 Å². The Hall–Kier alpha value is -3.40. The zero-order valence-electron chi connectivity index (χ0n) is 15.5. The predicted molar refractivity (Wildman–Crippen MR) is 106 cm³/mol. The summed E-state index contributed by atoms with van der Waals surface area (Å²) in [6.45, 7) is 0. The minimum atomic E-state index is -1.70. The van der Waals surface area contributed by atoms with Crippen molar-refractivity contribution in [1.29, 1.82) is 0 Å². The number of carbonyl (C=O) groups is 2. The Bertz CT molecular complexity index is 1100. The van der Waals surface area contributed by atoms with Gasteiger partial charge in [-0.2, -0.15) is 0 Å². The van der Waals surface area contributed by atoms with Gasteiger partial charge in [0, 0.05) is 22.2 Å². The van der Waals surface area contributed by atoms with Gasteiger partial charge in [-0.15, -0.1) is 11.8 Å². The summed E-state index contributed by atoms with van der Waals surface area (Å²) in [4.78, 5) is 24.6. The topological polar surface area (TPSA) is 58.2 Å². The van der Waals surface area contributed by atoms with Gasteiger partial charge in [-0.1, -0.05) is 0 Å². The normalized spacial score (nSPS) is 10.6. The van der Waals surface area contributed by atoms with E-state index in [9.17, 15) is 31.5 Å². The summed E-state index contributed by atoms with van der Waals surface area (Å²) < 4.78 is 66.5. The lowest BCUT2D eigenvalue weighted by atomic mass is 10.2. The van der Waals surface area contributed by atoms with Crippen molar-refractivity contribution in [3.63, 3.8) is 0 Å². The lowest BCUT2D eigenvalue weighted by Crippen LogP contribution is -2.17. The molecule has 0 saturated heterocycles. The lowest BCUT2D eigenvalue weighted by Gasteiger charge is -2.09. The van der Waals surface area contributed by atoms with Gasteiger partial charge in [0.25, 0.3) is 5.91 Å². The number of thioether (sulfide) groups is 1. The number of rotatable bonds is 6. The summed E-state index contributed by atoms with van der Waals surface area (Å²) in [6, 6.07) is 11.3. The number of hydrogen-bond acceptors (Lipinski definition) is 3. The molecular weight excluding hydrogens is 439 g/mol. The molecule has 3 aromatic rings. The molecule has 0 radical (unpaired) electrons. The fraction of sp³-hybridized carbons (Fsp3) is 0.0476. The standard InChI is InChI=1S/C21H13F5N2O2S/c22-12-3-1-11(2-4-12)21(30)27-13-5-7-14(8-6-13)31-10-17(29)28-20-18(25)15(23)9-16(24)19(20)26/h1-9H,10H2,(H,27,30)(H,28,29). The maximum atomic E-state index is 13.6. The third kappa shape index (κ3) is 5.60. The molecule has 2 N–H and O–H groups in total. The summed E-state index contributed by atoms with van der Waals surface area (Å²) in [5.41, 5.74) is -0.478. The highest BCUT2D eigenvalue weighted by molar-refractivity contribution is 8.00. The fourth-order valence-electron chi connectivity index (χ4n) is 2.45. The van der Waals surface area contributed by atoms with Crippen molar-refractivity contribution >= 4 is 35.0 Å². The van der Waals surface area contributed by atoms with Crippen molar-refractivity contribution in [2.45, 2.75) is 4.90 Å². The van der Waals surface area contributed by atoms with Gasteiger partial charge in [0.2, 0.25) is 5.91 Å². The first kappa shape index (κ1) is 22.3. The van der Waals surface area contributed by atoms with E-state index in [1.54, 1.807) is 24.3 Å². The van der Waals surface area contributed by atoms with Crippen LogP contribution in [0.15, 0.2) is 59.5 Å². The SMILES string of the molecule is O=C(CSc1ccc(NC(=O)c2ccc(F)cc2)cc1)Nc1c(F)c(F)cc(F)c1F. The average Bonchev–Trinajstić information content (AvgIpc) is 2.75. The number of nitrogens with one attached hydrogen (secondary N) is 2. The van der Waals surface area contributed by atoms with Crippen molar-refractivity contribution in [1.82, 2.24) is 0 Å². The summed E-state index contributed by atoms with van der Waals surface area (Å²) in [6.07, 6.45) is 0. The minimum Gasteiger partial charge on any atom is -0.322 e. The molecule has 0 aliphatic heterocycles. The highest BCUT2D eigenvalue weighted by atomic mass is 32.2. The van der Waals surface area contributed by atoms with Crippen LogP contribution < -0.4 is 10.6 Å². The zero-order valence-corrected chi connectivity index (χ0v) is 16.3. The van der Waals surface area contributed by atoms with Crippen LogP contribution in [-0.2, 0) is 4.79 Å². The van der Waals surface area contributed by atoms with Crippen LogP contribution in [0.5, 0.6) is 0 Å². The molecule has 0 aliphatic rings. The molecule has 3 aromatic carbocycles. The van der Waals surface area contributed by atoms with E-state index >= 15 is 0 Å². The molecule has 0 fully saturated rings. The number of amides is 2. The van der Waals surface area contributed by atoms with Crippen LogP contribution in [0.3, 0.4) is 0 Å². The molecule has 31 heavy (non-hydrogen) atoms. The van der Waals surface area contributed by atoms with E-state index in [4.69, 9.17) is 0 Å². The number of hydrogen-bond donors (Lipinski definition) is 2. The number of anilines is 2. The number of carbonyl (C=O) groups excluding carboxylic acids is 2. The molecule has 4 nitrogen and oxygen atoms in total. The Kier molecular flexibility index (Phi) is 6.91. The van der Waals surface area contributed by atoms with Gasteiger partial charge in [0.15, 0.2) is 23.3 Å². The minimum absolute atomic E-state index is 0.0471. The highest BCUT2D eigenvalue weighted by Gasteiger charge is 2.20. The van der Waals surface area contributed by atoms with E-state index in [2.05, 4.69) is 5.32 Å². The van der Waals surface area contributed by atoms with Gasteiger partial charge < -0.3 is 10.6 Å². The number of benzene rings is 3. The first-order chi connectivity index (χ1) is 14.7. The zero-order chi connectivity index (χ0) is 22.5. The van der Waals surface area contributed by atoms with Crippen LogP contribution in [-0.4, -0.2) is 17.6 Å². The molecule has 0 unspecified atom stereocenters. The van der Waals surface area contributed by atoms with Gasteiger partial charge in [-0.25, -0.2) is 22.0 Å². The fourth-order valence-corrected chi connectivity index (χ4v) is 3.14.